The minimum atomic E-state index is -0.886. The maximum atomic E-state index is 10.7. The Kier molecular flexibility index (Phi) is 4.50. The number of carboxylic acid groups (broad SMARTS) is 1. The van der Waals surface area contributed by atoms with Crippen LogP contribution in [0.15, 0.2) is 48.7 Å². The Morgan fingerprint density at radius 3 is 2.58 bits per heavy atom. The van der Waals surface area contributed by atoms with Crippen LogP contribution in [0, 0.1) is 0 Å². The van der Waals surface area contributed by atoms with E-state index in [4.69, 9.17) is 5.11 Å². The van der Waals surface area contributed by atoms with Crippen LogP contribution in [0.5, 0.6) is 0 Å². The fourth-order valence-corrected chi connectivity index (χ4v) is 1.79. The first kappa shape index (κ1) is 13.1. The maximum absolute atomic E-state index is 10.7. The molecular weight excluding hydrogens is 240 g/mol. The predicted molar refractivity (Wildman–Crippen MR) is 74.4 cm³/mol. The number of aromatic carboxylic acids is 1. The van der Waals surface area contributed by atoms with Gasteiger partial charge in [0.05, 0.1) is 5.56 Å². The van der Waals surface area contributed by atoms with Gasteiger partial charge < -0.3 is 10.4 Å². The molecule has 0 fully saturated rings. The van der Waals surface area contributed by atoms with Crippen molar-refractivity contribution in [3.63, 3.8) is 0 Å². The molecule has 1 heterocycles. The lowest BCUT2D eigenvalue weighted by Gasteiger charge is -2.05. The van der Waals surface area contributed by atoms with Gasteiger partial charge in [0.25, 0.3) is 0 Å². The highest BCUT2D eigenvalue weighted by Crippen LogP contribution is 2.07. The van der Waals surface area contributed by atoms with Gasteiger partial charge in [-0.25, -0.2) is 9.78 Å². The molecule has 0 aliphatic heterocycles. The largest absolute Gasteiger partial charge is 0.478 e. The van der Waals surface area contributed by atoms with Gasteiger partial charge in [-0.3, -0.25) is 0 Å². The summed E-state index contributed by atoms with van der Waals surface area (Å²) in [6.45, 7) is 0.845. The summed E-state index contributed by atoms with van der Waals surface area (Å²) < 4.78 is 0. The first-order chi connectivity index (χ1) is 9.25. The molecule has 0 saturated carbocycles. The minimum Gasteiger partial charge on any atom is -0.478 e. The van der Waals surface area contributed by atoms with Crippen molar-refractivity contribution < 1.29 is 9.90 Å². The number of carbonyl (C=O) groups is 1. The van der Waals surface area contributed by atoms with Crippen molar-refractivity contribution in [2.75, 3.05) is 11.9 Å². The SMILES string of the molecule is O=C(O)c1ccc(CCCNc2ccccn2)cc1. The molecular formula is C15H16N2O2. The first-order valence-electron chi connectivity index (χ1n) is 6.23. The predicted octanol–water partition coefficient (Wildman–Crippen LogP) is 2.82. The molecule has 0 bridgehead atoms. The highest BCUT2D eigenvalue weighted by atomic mass is 16.4. The number of nitrogens with one attached hydrogen (secondary N) is 1. The first-order valence-corrected chi connectivity index (χ1v) is 6.23. The van der Waals surface area contributed by atoms with Crippen LogP contribution in [-0.2, 0) is 6.42 Å². The highest BCUT2D eigenvalue weighted by molar-refractivity contribution is 5.87. The highest BCUT2D eigenvalue weighted by Gasteiger charge is 2.01. The van der Waals surface area contributed by atoms with E-state index in [9.17, 15) is 4.79 Å². The minimum absolute atomic E-state index is 0.329. The van der Waals surface area contributed by atoms with Crippen LogP contribution in [-0.4, -0.2) is 22.6 Å². The van der Waals surface area contributed by atoms with E-state index >= 15 is 0 Å². The Hall–Kier alpha value is -2.36. The number of hydrogen-bond acceptors (Lipinski definition) is 3. The van der Waals surface area contributed by atoms with Gasteiger partial charge in [-0.05, 0) is 42.7 Å². The molecule has 0 saturated heterocycles. The van der Waals surface area contributed by atoms with Crippen molar-refractivity contribution in [3.05, 3.63) is 59.8 Å². The molecule has 0 spiro atoms. The molecule has 19 heavy (non-hydrogen) atoms. The van der Waals surface area contributed by atoms with Crippen LogP contribution in [0.4, 0.5) is 5.82 Å². The smallest absolute Gasteiger partial charge is 0.335 e. The number of rotatable bonds is 6. The van der Waals surface area contributed by atoms with Crippen molar-refractivity contribution in [1.29, 1.82) is 0 Å². The van der Waals surface area contributed by atoms with E-state index in [1.807, 2.05) is 30.3 Å². The Labute approximate surface area is 112 Å². The van der Waals surface area contributed by atoms with Gasteiger partial charge in [-0.1, -0.05) is 18.2 Å². The Balaban J connectivity index is 1.75. The molecule has 0 radical (unpaired) electrons. The lowest BCUT2D eigenvalue weighted by atomic mass is 10.1. The van der Waals surface area contributed by atoms with Crippen LogP contribution >= 0.6 is 0 Å². The molecule has 0 unspecified atom stereocenters. The summed E-state index contributed by atoms with van der Waals surface area (Å²) >= 11 is 0. The molecule has 2 N–H and O–H groups in total. The Morgan fingerprint density at radius 1 is 1.16 bits per heavy atom. The molecule has 0 atom stereocenters. The summed E-state index contributed by atoms with van der Waals surface area (Å²) in [6, 6.07) is 12.8. The number of benzene rings is 1. The second kappa shape index (κ2) is 6.54. The summed E-state index contributed by atoms with van der Waals surface area (Å²) in [4.78, 5) is 14.9. The standard InChI is InChI=1S/C15H16N2O2/c18-15(19)13-8-6-12(7-9-13)4-3-11-17-14-5-1-2-10-16-14/h1-2,5-10H,3-4,11H2,(H,16,17)(H,18,19). The summed E-state index contributed by atoms with van der Waals surface area (Å²) in [5.41, 5.74) is 1.48. The quantitative estimate of drug-likeness (QED) is 0.780. The number of nitrogens with zero attached hydrogens (tertiary/aromatic N) is 1. The lowest BCUT2D eigenvalue weighted by molar-refractivity contribution is 0.0697. The molecule has 2 aromatic rings. The molecule has 4 nitrogen and oxygen atoms in total. The normalized spacial score (nSPS) is 10.1. The topological polar surface area (TPSA) is 62.2 Å². The van der Waals surface area contributed by atoms with E-state index in [2.05, 4.69) is 10.3 Å². The third-order valence-corrected chi connectivity index (χ3v) is 2.81. The van der Waals surface area contributed by atoms with E-state index in [1.54, 1.807) is 18.3 Å². The number of pyridine rings is 1. The zero-order valence-electron chi connectivity index (χ0n) is 10.5. The maximum Gasteiger partial charge on any atom is 0.335 e. The van der Waals surface area contributed by atoms with Gasteiger partial charge in [0.2, 0.25) is 0 Å². The number of aromatic nitrogens is 1. The van der Waals surface area contributed by atoms with Crippen LogP contribution in [0.25, 0.3) is 0 Å². The van der Waals surface area contributed by atoms with Crippen LogP contribution in [0.3, 0.4) is 0 Å². The average molecular weight is 256 g/mol. The number of hydrogen-bond donors (Lipinski definition) is 2. The van der Waals surface area contributed by atoms with Gasteiger partial charge in [0, 0.05) is 12.7 Å². The van der Waals surface area contributed by atoms with Crippen molar-refractivity contribution in [1.82, 2.24) is 4.98 Å². The number of anilines is 1. The third kappa shape index (κ3) is 4.10. The molecule has 0 aliphatic rings. The van der Waals surface area contributed by atoms with E-state index in [-0.39, 0.29) is 0 Å². The van der Waals surface area contributed by atoms with Crippen LogP contribution < -0.4 is 5.32 Å². The van der Waals surface area contributed by atoms with Gasteiger partial charge in [-0.2, -0.15) is 0 Å². The zero-order chi connectivity index (χ0) is 13.5. The summed E-state index contributed by atoms with van der Waals surface area (Å²) in [6.07, 6.45) is 3.65. The summed E-state index contributed by atoms with van der Waals surface area (Å²) in [5.74, 6) is -0.00732. The molecule has 4 heteroatoms. The van der Waals surface area contributed by atoms with Crippen LogP contribution in [0.2, 0.25) is 0 Å². The second-order valence-electron chi connectivity index (χ2n) is 4.25. The van der Waals surface area contributed by atoms with Crippen molar-refractivity contribution in [3.8, 4) is 0 Å². The summed E-state index contributed by atoms with van der Waals surface area (Å²) in [5, 5.41) is 12.0. The van der Waals surface area contributed by atoms with E-state index in [1.165, 1.54) is 0 Å². The molecule has 1 aromatic carbocycles. The number of carboxylic acids is 1. The van der Waals surface area contributed by atoms with Gasteiger partial charge in [0.15, 0.2) is 0 Å². The summed E-state index contributed by atoms with van der Waals surface area (Å²) in [7, 11) is 0. The monoisotopic (exact) mass is 256 g/mol. The molecule has 2 rings (SSSR count). The lowest BCUT2D eigenvalue weighted by Crippen LogP contribution is -2.04. The van der Waals surface area contributed by atoms with Gasteiger partial charge >= 0.3 is 5.97 Å². The van der Waals surface area contributed by atoms with E-state index in [0.29, 0.717) is 5.56 Å². The van der Waals surface area contributed by atoms with Crippen LogP contribution in [0.1, 0.15) is 22.3 Å². The van der Waals surface area contributed by atoms with Gasteiger partial charge in [0.1, 0.15) is 5.82 Å². The van der Waals surface area contributed by atoms with Crippen molar-refractivity contribution in [2.24, 2.45) is 0 Å². The molecule has 98 valence electrons. The van der Waals surface area contributed by atoms with Crippen molar-refractivity contribution >= 4 is 11.8 Å². The van der Waals surface area contributed by atoms with E-state index < -0.39 is 5.97 Å². The fourth-order valence-electron chi connectivity index (χ4n) is 1.79. The Bertz CT molecular complexity index is 524. The van der Waals surface area contributed by atoms with E-state index in [0.717, 1.165) is 30.8 Å². The molecule has 1 aromatic heterocycles. The average Bonchev–Trinajstić information content (AvgIpc) is 2.45. The number of aryl methyl sites for hydroxylation is 1. The zero-order valence-corrected chi connectivity index (χ0v) is 10.5. The van der Waals surface area contributed by atoms with Crippen molar-refractivity contribution in [2.45, 2.75) is 12.8 Å². The Morgan fingerprint density at radius 2 is 1.95 bits per heavy atom. The fraction of sp³-hybridized carbons (Fsp3) is 0.200. The third-order valence-electron chi connectivity index (χ3n) is 2.81. The molecule has 0 amide bonds. The van der Waals surface area contributed by atoms with Gasteiger partial charge in [-0.15, -0.1) is 0 Å². The second-order valence-corrected chi connectivity index (χ2v) is 4.25. The molecule has 0 aliphatic carbocycles.